The summed E-state index contributed by atoms with van der Waals surface area (Å²) in [4.78, 5) is 11.6. The van der Waals surface area contributed by atoms with Crippen LogP contribution in [0.25, 0.3) is 5.76 Å². The second kappa shape index (κ2) is 15.3. The van der Waals surface area contributed by atoms with Crippen molar-refractivity contribution in [2.75, 3.05) is 19.4 Å². The van der Waals surface area contributed by atoms with Gasteiger partial charge in [0.15, 0.2) is 0 Å². The average molecular weight is 589 g/mol. The van der Waals surface area contributed by atoms with Crippen molar-refractivity contribution in [3.05, 3.63) is 157 Å². The molecule has 0 N–H and O–H groups in total. The highest BCUT2D eigenvalue weighted by molar-refractivity contribution is 7.80. The third kappa shape index (κ3) is 7.83. The number of carbonyl (C=O) groups is 1. The molecule has 42 heavy (non-hydrogen) atoms. The molecule has 0 amide bonds. The van der Waals surface area contributed by atoms with Gasteiger partial charge in [-0.2, -0.15) is 0 Å². The Morgan fingerprint density at radius 1 is 0.595 bits per heavy atom. The fraction of sp³-hybridized carbons (Fsp3) is 0.108. The van der Waals surface area contributed by atoms with E-state index in [9.17, 15) is 4.79 Å². The number of hydrogen-bond acceptors (Lipinski definition) is 3. The molecule has 3 nitrogen and oxygen atoms in total. The molecular formula is C37H34O3P2. The molecule has 0 bridgehead atoms. The van der Waals surface area contributed by atoms with Gasteiger partial charge in [-0.15, -0.1) is 0 Å². The fourth-order valence-corrected chi connectivity index (χ4v) is 9.42. The van der Waals surface area contributed by atoms with E-state index < -0.39 is 15.8 Å². The predicted octanol–water partition coefficient (Wildman–Crippen LogP) is 6.50. The highest BCUT2D eigenvalue weighted by atomic mass is 31.1. The quantitative estimate of drug-likeness (QED) is 0.0949. The zero-order valence-electron chi connectivity index (χ0n) is 23.7. The van der Waals surface area contributed by atoms with Crippen molar-refractivity contribution in [2.45, 2.75) is 6.92 Å². The molecule has 0 heterocycles. The average Bonchev–Trinajstić information content (AvgIpc) is 3.04. The summed E-state index contributed by atoms with van der Waals surface area (Å²) < 4.78 is 12.0. The Morgan fingerprint density at radius 2 is 1.05 bits per heavy atom. The summed E-state index contributed by atoms with van der Waals surface area (Å²) in [5.41, 5.74) is 1.02. The third-order valence-electron chi connectivity index (χ3n) is 6.70. The van der Waals surface area contributed by atoms with Crippen LogP contribution in [0, 0.1) is 0 Å². The number of carbonyl (C=O) groups excluding carboxylic acids is 1. The molecule has 0 aliphatic heterocycles. The van der Waals surface area contributed by atoms with E-state index in [1.807, 2.05) is 12.1 Å². The maximum atomic E-state index is 11.6. The lowest BCUT2D eigenvalue weighted by atomic mass is 10.2. The fourth-order valence-electron chi connectivity index (χ4n) is 4.81. The molecule has 5 heteroatoms. The summed E-state index contributed by atoms with van der Waals surface area (Å²) in [6.45, 7) is 2.11. The third-order valence-corrected chi connectivity index (χ3v) is 11.7. The Morgan fingerprint density at radius 3 is 1.55 bits per heavy atom. The van der Waals surface area contributed by atoms with Crippen molar-refractivity contribution in [3.8, 4) is 0 Å². The normalized spacial score (nSPS) is 11.5. The second-order valence-electron chi connectivity index (χ2n) is 9.57. The summed E-state index contributed by atoms with van der Waals surface area (Å²) in [6.07, 6.45) is 2.76. The van der Waals surface area contributed by atoms with E-state index in [2.05, 4.69) is 140 Å². The Bertz CT molecular complexity index is 1490. The minimum atomic E-state index is -0.851. The molecule has 0 fully saturated rings. The van der Waals surface area contributed by atoms with E-state index in [0.29, 0.717) is 6.61 Å². The van der Waals surface area contributed by atoms with Gasteiger partial charge in [0, 0.05) is 18.6 Å². The van der Waals surface area contributed by atoms with Crippen molar-refractivity contribution < 1.29 is 14.3 Å². The van der Waals surface area contributed by atoms with E-state index >= 15 is 0 Å². The summed E-state index contributed by atoms with van der Waals surface area (Å²) in [7, 11) is -1.45. The van der Waals surface area contributed by atoms with Gasteiger partial charge in [-0.1, -0.05) is 146 Å². The summed E-state index contributed by atoms with van der Waals surface area (Å²) >= 11 is 0. The van der Waals surface area contributed by atoms with E-state index in [4.69, 9.17) is 9.47 Å². The summed E-state index contributed by atoms with van der Waals surface area (Å²) in [6, 6.07) is 51.1. The number of benzene rings is 5. The summed E-state index contributed by atoms with van der Waals surface area (Å²) in [5, 5.41) is 6.38. The van der Waals surface area contributed by atoms with Crippen LogP contribution in [0.4, 0.5) is 0 Å². The van der Waals surface area contributed by atoms with Gasteiger partial charge >= 0.3 is 5.97 Å². The van der Waals surface area contributed by atoms with Crippen molar-refractivity contribution in [3.63, 3.8) is 0 Å². The van der Waals surface area contributed by atoms with E-state index in [-0.39, 0.29) is 12.6 Å². The lowest BCUT2D eigenvalue weighted by Gasteiger charge is -2.24. The Kier molecular flexibility index (Phi) is 10.7. The van der Waals surface area contributed by atoms with Crippen LogP contribution < -0.4 is 26.5 Å². The Balaban J connectivity index is 1.49. The molecule has 5 rings (SSSR count). The highest BCUT2D eigenvalue weighted by Crippen LogP contribution is 2.37. The van der Waals surface area contributed by atoms with Gasteiger partial charge in [-0.3, -0.25) is 4.79 Å². The minimum absolute atomic E-state index is 0.153. The lowest BCUT2D eigenvalue weighted by molar-refractivity contribution is -0.139. The first-order chi connectivity index (χ1) is 20.7. The lowest BCUT2D eigenvalue weighted by Crippen LogP contribution is -2.23. The first-order valence-electron chi connectivity index (χ1n) is 14.0. The zero-order valence-corrected chi connectivity index (χ0v) is 25.5. The molecule has 5 aromatic rings. The Labute approximate surface area is 251 Å². The highest BCUT2D eigenvalue weighted by Gasteiger charge is 2.22. The van der Waals surface area contributed by atoms with Crippen molar-refractivity contribution in [1.29, 1.82) is 0 Å². The van der Waals surface area contributed by atoms with Gasteiger partial charge in [0.05, 0.1) is 6.61 Å². The number of esters is 1. The molecule has 0 saturated heterocycles. The maximum absolute atomic E-state index is 11.6. The molecule has 210 valence electrons. The predicted molar refractivity (Wildman–Crippen MR) is 180 cm³/mol. The van der Waals surface area contributed by atoms with Crippen molar-refractivity contribution in [2.24, 2.45) is 0 Å². The van der Waals surface area contributed by atoms with Gasteiger partial charge in [-0.25, -0.2) is 0 Å². The van der Waals surface area contributed by atoms with Crippen LogP contribution in [0.2, 0.25) is 0 Å². The number of rotatable bonds is 12. The van der Waals surface area contributed by atoms with E-state index in [0.717, 1.165) is 17.5 Å². The Hall–Kier alpha value is -4.03. The molecule has 0 saturated carbocycles. The van der Waals surface area contributed by atoms with Gasteiger partial charge in [0.2, 0.25) is 0 Å². The van der Waals surface area contributed by atoms with Gasteiger partial charge in [0.25, 0.3) is 0 Å². The molecule has 0 aliphatic carbocycles. The van der Waals surface area contributed by atoms with Crippen LogP contribution in [0.3, 0.4) is 0 Å². The molecular weight excluding hydrogens is 554 g/mol. The topological polar surface area (TPSA) is 35.5 Å². The SMILES string of the molecule is CC(=O)OC/C=C(/OCCP(c1ccccc1)c1ccccc1)c1ccccc1P(c1ccccc1)c1ccccc1. The largest absolute Gasteiger partial charge is 0.493 e. The van der Waals surface area contributed by atoms with Crippen LogP contribution in [0.15, 0.2) is 152 Å². The zero-order chi connectivity index (χ0) is 29.0. The van der Waals surface area contributed by atoms with E-state index in [1.165, 1.54) is 33.4 Å². The van der Waals surface area contributed by atoms with Crippen LogP contribution in [-0.4, -0.2) is 25.3 Å². The molecule has 0 aromatic heterocycles. The molecule has 0 atom stereocenters. The standard InChI is InChI=1S/C37H34O3P2/c1-30(38)39-27-26-36(40-28-29-41(31-16-6-2-7-17-31)32-18-8-3-9-19-32)35-24-14-15-25-37(35)42(33-20-10-4-11-21-33)34-22-12-5-13-23-34/h2-26H,27-29H2,1H3/b36-26+. The molecule has 0 radical (unpaired) electrons. The number of ether oxygens (including phenoxy) is 2. The van der Waals surface area contributed by atoms with Crippen LogP contribution in [0.5, 0.6) is 0 Å². The second-order valence-corrected chi connectivity index (χ2v) is 14.1. The first-order valence-corrected chi connectivity index (χ1v) is 16.9. The molecule has 5 aromatic carbocycles. The maximum Gasteiger partial charge on any atom is 0.302 e. The molecule has 0 aliphatic rings. The van der Waals surface area contributed by atoms with Crippen LogP contribution in [-0.2, 0) is 14.3 Å². The minimum Gasteiger partial charge on any atom is -0.493 e. The smallest absolute Gasteiger partial charge is 0.302 e. The number of hydrogen-bond donors (Lipinski definition) is 0. The van der Waals surface area contributed by atoms with Crippen molar-refractivity contribution >= 4 is 54.1 Å². The molecule has 0 unspecified atom stereocenters. The first kappa shape index (κ1) is 29.5. The van der Waals surface area contributed by atoms with Crippen molar-refractivity contribution in [1.82, 2.24) is 0 Å². The molecule has 0 spiro atoms. The van der Waals surface area contributed by atoms with E-state index in [1.54, 1.807) is 0 Å². The van der Waals surface area contributed by atoms with Crippen LogP contribution >= 0.6 is 15.8 Å². The monoisotopic (exact) mass is 588 g/mol. The van der Waals surface area contributed by atoms with Gasteiger partial charge < -0.3 is 9.47 Å². The van der Waals surface area contributed by atoms with Crippen LogP contribution in [0.1, 0.15) is 12.5 Å². The van der Waals surface area contributed by atoms with Gasteiger partial charge in [-0.05, 0) is 48.4 Å². The summed E-state index contributed by atoms with van der Waals surface area (Å²) in [5.74, 6) is 0.425. The van der Waals surface area contributed by atoms with Gasteiger partial charge in [0.1, 0.15) is 12.4 Å².